The Labute approximate surface area is 137 Å². The van der Waals surface area contributed by atoms with E-state index >= 15 is 0 Å². The Morgan fingerprint density at radius 2 is 1.91 bits per heavy atom. The van der Waals surface area contributed by atoms with E-state index < -0.39 is 10.0 Å². The minimum absolute atomic E-state index is 0.0607. The lowest BCUT2D eigenvalue weighted by Crippen LogP contribution is -2.26. The Bertz CT molecular complexity index is 677. The van der Waals surface area contributed by atoms with Crippen molar-refractivity contribution < 1.29 is 18.0 Å². The number of hydrogen-bond acceptors (Lipinski definition) is 4. The molecule has 8 heteroatoms. The van der Waals surface area contributed by atoms with Crippen molar-refractivity contribution in [3.63, 3.8) is 0 Å². The van der Waals surface area contributed by atoms with Gasteiger partial charge in [0.15, 0.2) is 5.78 Å². The van der Waals surface area contributed by atoms with Gasteiger partial charge in [0.25, 0.3) is 5.91 Å². The number of amides is 1. The average Bonchev–Trinajstić information content (AvgIpc) is 2.74. The highest BCUT2D eigenvalue weighted by molar-refractivity contribution is 7.89. The summed E-state index contributed by atoms with van der Waals surface area (Å²) in [6.45, 7) is 5.61. The highest BCUT2D eigenvalue weighted by Gasteiger charge is 2.21. The van der Waals surface area contributed by atoms with Gasteiger partial charge in [-0.2, -0.15) is 0 Å². The molecule has 0 aliphatic carbocycles. The highest BCUT2D eigenvalue weighted by Crippen LogP contribution is 2.21. The van der Waals surface area contributed by atoms with Gasteiger partial charge in [-0.3, -0.25) is 9.59 Å². The minimum Gasteiger partial charge on any atom is -0.354 e. The molecule has 0 unspecified atom stereocenters. The van der Waals surface area contributed by atoms with E-state index in [2.05, 4.69) is 10.3 Å². The molecule has 1 aromatic rings. The van der Waals surface area contributed by atoms with Crippen LogP contribution in [0.5, 0.6) is 0 Å². The molecule has 1 heterocycles. The van der Waals surface area contributed by atoms with Crippen LogP contribution in [0.25, 0.3) is 0 Å². The molecule has 4 N–H and O–H groups in total. The van der Waals surface area contributed by atoms with Gasteiger partial charge in [0.1, 0.15) is 5.69 Å². The summed E-state index contributed by atoms with van der Waals surface area (Å²) in [6, 6.07) is 0. The maximum atomic E-state index is 12.3. The van der Waals surface area contributed by atoms with Crippen LogP contribution in [-0.2, 0) is 16.4 Å². The van der Waals surface area contributed by atoms with Gasteiger partial charge in [-0.1, -0.05) is 13.3 Å². The molecule has 130 valence electrons. The van der Waals surface area contributed by atoms with Gasteiger partial charge >= 0.3 is 0 Å². The van der Waals surface area contributed by atoms with Gasteiger partial charge in [0.05, 0.1) is 5.75 Å². The lowest BCUT2D eigenvalue weighted by atomic mass is 10.0. The maximum absolute atomic E-state index is 12.3. The number of nitrogens with one attached hydrogen (secondary N) is 2. The number of nitrogens with two attached hydrogens (primary N) is 1. The van der Waals surface area contributed by atoms with Crippen LogP contribution in [0.2, 0.25) is 0 Å². The molecule has 0 bridgehead atoms. The van der Waals surface area contributed by atoms with Crippen LogP contribution in [0.1, 0.15) is 65.2 Å². The standard InChI is InChI=1S/C15H25N3O4S/c1-4-7-12-13(11(3)19)10(2)18-14(12)15(20)17-8-5-6-9-23(16,21)22/h18H,4-9H2,1-3H3,(H,17,20)(H2,16,21,22). The Balaban J connectivity index is 2.72. The summed E-state index contributed by atoms with van der Waals surface area (Å²) in [5.74, 6) is -0.436. The smallest absolute Gasteiger partial charge is 0.268 e. The van der Waals surface area contributed by atoms with Crippen molar-refractivity contribution in [1.82, 2.24) is 10.3 Å². The Hall–Kier alpha value is -1.67. The Kier molecular flexibility index (Phi) is 6.96. The van der Waals surface area contributed by atoms with Crippen molar-refractivity contribution in [1.29, 1.82) is 0 Å². The first-order valence-electron chi connectivity index (χ1n) is 7.68. The topological polar surface area (TPSA) is 122 Å². The number of aryl methyl sites for hydroxylation is 1. The van der Waals surface area contributed by atoms with Crippen molar-refractivity contribution in [3.8, 4) is 0 Å². The SMILES string of the molecule is CCCc1c(C(=O)NCCCCS(N)(=O)=O)[nH]c(C)c1C(C)=O. The van der Waals surface area contributed by atoms with Gasteiger partial charge in [0, 0.05) is 17.8 Å². The van der Waals surface area contributed by atoms with Crippen LogP contribution in [0.3, 0.4) is 0 Å². The molecule has 7 nitrogen and oxygen atoms in total. The number of carbonyl (C=O) groups is 2. The lowest BCUT2D eigenvalue weighted by molar-refractivity contribution is 0.0947. The highest BCUT2D eigenvalue weighted by atomic mass is 32.2. The number of aromatic amines is 1. The molecule has 0 aromatic carbocycles. The van der Waals surface area contributed by atoms with E-state index in [0.29, 0.717) is 42.8 Å². The second kappa shape index (κ2) is 8.26. The van der Waals surface area contributed by atoms with E-state index in [4.69, 9.17) is 5.14 Å². The maximum Gasteiger partial charge on any atom is 0.268 e. The van der Waals surface area contributed by atoms with Gasteiger partial charge in [-0.25, -0.2) is 13.6 Å². The number of carbonyl (C=O) groups excluding carboxylic acids is 2. The molecule has 0 fully saturated rings. The molecule has 0 saturated carbocycles. The molecule has 1 aromatic heterocycles. The largest absolute Gasteiger partial charge is 0.354 e. The lowest BCUT2D eigenvalue weighted by Gasteiger charge is -2.07. The van der Waals surface area contributed by atoms with Crippen LogP contribution >= 0.6 is 0 Å². The second-order valence-corrected chi connectivity index (χ2v) is 7.35. The molecule has 0 aliphatic heterocycles. The number of ketones is 1. The third kappa shape index (κ3) is 5.80. The van der Waals surface area contributed by atoms with E-state index in [9.17, 15) is 18.0 Å². The number of rotatable bonds is 9. The normalized spacial score (nSPS) is 11.5. The van der Waals surface area contributed by atoms with Crippen LogP contribution in [0.4, 0.5) is 0 Å². The predicted molar refractivity (Wildman–Crippen MR) is 89.1 cm³/mol. The molecular formula is C15H25N3O4S. The predicted octanol–water partition coefficient (Wildman–Crippen LogP) is 1.28. The summed E-state index contributed by atoms with van der Waals surface area (Å²) < 4.78 is 21.6. The van der Waals surface area contributed by atoms with E-state index in [-0.39, 0.29) is 17.4 Å². The Morgan fingerprint density at radius 3 is 2.43 bits per heavy atom. The molecule has 1 amide bonds. The summed E-state index contributed by atoms with van der Waals surface area (Å²) in [5.41, 5.74) is 2.45. The van der Waals surface area contributed by atoms with E-state index in [0.717, 1.165) is 12.0 Å². The summed E-state index contributed by atoms with van der Waals surface area (Å²) in [6.07, 6.45) is 2.38. The molecule has 0 saturated heterocycles. The monoisotopic (exact) mass is 343 g/mol. The first-order chi connectivity index (χ1) is 10.7. The zero-order valence-corrected chi connectivity index (χ0v) is 14.7. The summed E-state index contributed by atoms with van der Waals surface area (Å²) in [5, 5.41) is 7.66. The van der Waals surface area contributed by atoms with Crippen molar-refractivity contribution >= 4 is 21.7 Å². The summed E-state index contributed by atoms with van der Waals surface area (Å²) in [4.78, 5) is 27.1. The fourth-order valence-electron chi connectivity index (χ4n) is 2.57. The van der Waals surface area contributed by atoms with Gasteiger partial charge in [0.2, 0.25) is 10.0 Å². The third-order valence-corrected chi connectivity index (χ3v) is 4.37. The summed E-state index contributed by atoms with van der Waals surface area (Å²) in [7, 11) is -3.46. The number of sulfonamides is 1. The number of H-pyrrole nitrogens is 1. The van der Waals surface area contributed by atoms with E-state index in [1.807, 2.05) is 6.92 Å². The Morgan fingerprint density at radius 1 is 1.26 bits per heavy atom. The second-order valence-electron chi connectivity index (χ2n) is 5.61. The molecule has 23 heavy (non-hydrogen) atoms. The average molecular weight is 343 g/mol. The van der Waals surface area contributed by atoms with Crippen LogP contribution in [0, 0.1) is 6.92 Å². The molecular weight excluding hydrogens is 318 g/mol. The quantitative estimate of drug-likeness (QED) is 0.461. The number of primary sulfonamides is 1. The minimum atomic E-state index is -3.46. The molecule has 1 rings (SSSR count). The van der Waals surface area contributed by atoms with E-state index in [1.165, 1.54) is 6.92 Å². The molecule has 0 aliphatic rings. The number of hydrogen-bond donors (Lipinski definition) is 3. The van der Waals surface area contributed by atoms with Gasteiger partial charge in [-0.05, 0) is 38.7 Å². The van der Waals surface area contributed by atoms with Crippen molar-refractivity contribution in [2.45, 2.75) is 46.5 Å². The fraction of sp³-hybridized carbons (Fsp3) is 0.600. The number of aromatic nitrogens is 1. The zero-order valence-electron chi connectivity index (χ0n) is 13.9. The van der Waals surface area contributed by atoms with E-state index in [1.54, 1.807) is 6.92 Å². The van der Waals surface area contributed by atoms with Crippen molar-refractivity contribution in [2.75, 3.05) is 12.3 Å². The first kappa shape index (κ1) is 19.4. The molecule has 0 atom stereocenters. The zero-order chi connectivity index (χ0) is 17.6. The van der Waals surface area contributed by atoms with Crippen LogP contribution < -0.4 is 10.5 Å². The number of unbranched alkanes of at least 4 members (excludes halogenated alkanes) is 1. The third-order valence-electron chi connectivity index (χ3n) is 3.51. The van der Waals surface area contributed by atoms with Crippen molar-refractivity contribution in [3.05, 3.63) is 22.5 Å². The molecule has 0 spiro atoms. The first-order valence-corrected chi connectivity index (χ1v) is 9.40. The fourth-order valence-corrected chi connectivity index (χ4v) is 3.17. The summed E-state index contributed by atoms with van der Waals surface area (Å²) >= 11 is 0. The van der Waals surface area contributed by atoms with Crippen molar-refractivity contribution in [2.24, 2.45) is 5.14 Å². The van der Waals surface area contributed by atoms with Gasteiger partial charge < -0.3 is 10.3 Å². The number of Topliss-reactive ketones (excluding diaryl/α,β-unsaturated/α-hetero) is 1. The van der Waals surface area contributed by atoms with Crippen LogP contribution in [0.15, 0.2) is 0 Å². The van der Waals surface area contributed by atoms with Crippen LogP contribution in [-0.4, -0.2) is 37.4 Å². The molecule has 0 radical (unpaired) electrons. The van der Waals surface area contributed by atoms with Gasteiger partial charge in [-0.15, -0.1) is 0 Å².